The lowest BCUT2D eigenvalue weighted by atomic mass is 9.95. The third-order valence-corrected chi connectivity index (χ3v) is 4.92. The van der Waals surface area contributed by atoms with Crippen LogP contribution in [0.4, 0.5) is 0 Å². The summed E-state index contributed by atoms with van der Waals surface area (Å²) in [6.45, 7) is 4.21. The number of likely N-dealkylation sites (tertiary alicyclic amines) is 1. The van der Waals surface area contributed by atoms with Gasteiger partial charge in [0.15, 0.2) is 0 Å². The molecule has 0 aliphatic carbocycles. The number of hydrogen-bond acceptors (Lipinski definition) is 3. The van der Waals surface area contributed by atoms with E-state index in [0.717, 1.165) is 44.2 Å². The fourth-order valence-electron chi connectivity index (χ4n) is 3.26. The van der Waals surface area contributed by atoms with Gasteiger partial charge in [0.1, 0.15) is 0 Å². The molecule has 0 radical (unpaired) electrons. The molecule has 1 aliphatic rings. The molecule has 3 N–H and O–H groups in total. The first-order chi connectivity index (χ1) is 12.1. The van der Waals surface area contributed by atoms with Crippen LogP contribution < -0.4 is 11.1 Å². The van der Waals surface area contributed by atoms with E-state index in [9.17, 15) is 9.59 Å². The summed E-state index contributed by atoms with van der Waals surface area (Å²) >= 11 is 0. The quantitative estimate of drug-likeness (QED) is 0.679. The number of unbranched alkanes of at least 4 members (excludes halogenated alkanes) is 2. The predicted molar refractivity (Wildman–Crippen MR) is 107 cm³/mol. The molecule has 0 saturated carbocycles. The second kappa shape index (κ2) is 11.9. The molecule has 1 aromatic rings. The van der Waals surface area contributed by atoms with Crippen molar-refractivity contribution in [2.45, 2.75) is 51.5 Å². The number of rotatable bonds is 8. The number of nitrogens with two attached hydrogens (primary N) is 1. The second-order valence-corrected chi connectivity index (χ2v) is 6.87. The molecule has 1 unspecified atom stereocenters. The van der Waals surface area contributed by atoms with Crippen molar-refractivity contribution in [1.82, 2.24) is 10.2 Å². The van der Waals surface area contributed by atoms with Crippen LogP contribution in [0.5, 0.6) is 0 Å². The highest BCUT2D eigenvalue weighted by atomic mass is 35.5. The Hall–Kier alpha value is -1.59. The minimum Gasteiger partial charge on any atom is -0.356 e. The molecule has 26 heavy (non-hydrogen) atoms. The van der Waals surface area contributed by atoms with E-state index in [1.165, 1.54) is 0 Å². The molecule has 2 amide bonds. The third kappa shape index (κ3) is 6.96. The number of nitrogens with zero attached hydrogens (tertiary/aromatic N) is 1. The number of benzene rings is 1. The van der Waals surface area contributed by atoms with Gasteiger partial charge >= 0.3 is 0 Å². The average molecular weight is 382 g/mol. The standard InChI is InChI=1S/C20H31N3O2.ClH/c1-2-3-7-12-22-20(25)17-10-13-23(14-11-17)19(24)15-18(21)16-8-5-4-6-9-16;/h4-6,8-9,17-18H,2-3,7,10-15,21H2,1H3,(H,22,25);1H. The number of carbonyl (C=O) groups is 2. The van der Waals surface area contributed by atoms with Gasteiger partial charge in [-0.15, -0.1) is 12.4 Å². The van der Waals surface area contributed by atoms with Crippen LogP contribution in [0.1, 0.15) is 57.1 Å². The molecule has 1 aromatic carbocycles. The van der Waals surface area contributed by atoms with Crippen LogP contribution in [0.15, 0.2) is 30.3 Å². The van der Waals surface area contributed by atoms with E-state index < -0.39 is 0 Å². The molecule has 6 heteroatoms. The van der Waals surface area contributed by atoms with Gasteiger partial charge in [-0.3, -0.25) is 9.59 Å². The molecule has 0 aromatic heterocycles. The van der Waals surface area contributed by atoms with Crippen molar-refractivity contribution in [3.8, 4) is 0 Å². The summed E-state index contributed by atoms with van der Waals surface area (Å²) in [5.74, 6) is 0.260. The molecule has 5 nitrogen and oxygen atoms in total. The van der Waals surface area contributed by atoms with Crippen molar-refractivity contribution in [2.75, 3.05) is 19.6 Å². The zero-order valence-electron chi connectivity index (χ0n) is 15.7. The summed E-state index contributed by atoms with van der Waals surface area (Å²) in [5.41, 5.74) is 7.13. The van der Waals surface area contributed by atoms with Crippen molar-refractivity contribution in [3.05, 3.63) is 35.9 Å². The number of halogens is 1. The first-order valence-electron chi connectivity index (χ1n) is 9.47. The largest absolute Gasteiger partial charge is 0.356 e. The van der Waals surface area contributed by atoms with E-state index >= 15 is 0 Å². The Balaban J connectivity index is 0.00000338. The van der Waals surface area contributed by atoms with E-state index in [1.807, 2.05) is 35.2 Å². The maximum Gasteiger partial charge on any atom is 0.224 e. The molecule has 0 bridgehead atoms. The highest BCUT2D eigenvalue weighted by molar-refractivity contribution is 5.85. The second-order valence-electron chi connectivity index (χ2n) is 6.87. The summed E-state index contributed by atoms with van der Waals surface area (Å²) < 4.78 is 0. The van der Waals surface area contributed by atoms with Crippen LogP contribution in [0.2, 0.25) is 0 Å². The Labute approximate surface area is 163 Å². The van der Waals surface area contributed by atoms with Crippen molar-refractivity contribution >= 4 is 24.2 Å². The van der Waals surface area contributed by atoms with E-state index in [2.05, 4.69) is 12.2 Å². The zero-order chi connectivity index (χ0) is 18.1. The number of nitrogens with one attached hydrogen (secondary N) is 1. The van der Waals surface area contributed by atoms with Crippen LogP contribution in [0, 0.1) is 5.92 Å². The zero-order valence-corrected chi connectivity index (χ0v) is 16.5. The van der Waals surface area contributed by atoms with Gasteiger partial charge in [-0.05, 0) is 24.8 Å². The van der Waals surface area contributed by atoms with Gasteiger partial charge in [0.25, 0.3) is 0 Å². The number of carbonyl (C=O) groups excluding carboxylic acids is 2. The van der Waals surface area contributed by atoms with Crippen molar-refractivity contribution < 1.29 is 9.59 Å². The lowest BCUT2D eigenvalue weighted by Gasteiger charge is -2.32. The molecule has 1 saturated heterocycles. The molecular weight excluding hydrogens is 350 g/mol. The van der Waals surface area contributed by atoms with Crippen LogP contribution in [-0.2, 0) is 9.59 Å². The molecule has 0 spiro atoms. The molecule has 1 fully saturated rings. The van der Waals surface area contributed by atoms with Gasteiger partial charge in [-0.1, -0.05) is 50.1 Å². The van der Waals surface area contributed by atoms with E-state index in [4.69, 9.17) is 5.73 Å². The number of amides is 2. The van der Waals surface area contributed by atoms with Crippen LogP contribution in [0.25, 0.3) is 0 Å². The predicted octanol–water partition coefficient (Wildman–Crippen LogP) is 3.04. The topological polar surface area (TPSA) is 75.4 Å². The fraction of sp³-hybridized carbons (Fsp3) is 0.600. The monoisotopic (exact) mass is 381 g/mol. The van der Waals surface area contributed by atoms with Crippen molar-refractivity contribution in [3.63, 3.8) is 0 Å². The summed E-state index contributed by atoms with van der Waals surface area (Å²) in [4.78, 5) is 26.5. The van der Waals surface area contributed by atoms with Gasteiger partial charge in [0, 0.05) is 38.0 Å². The summed E-state index contributed by atoms with van der Waals surface area (Å²) in [7, 11) is 0. The first-order valence-corrected chi connectivity index (χ1v) is 9.47. The SMILES string of the molecule is CCCCCNC(=O)C1CCN(C(=O)CC(N)c2ccccc2)CC1.Cl. The normalized spacial score (nSPS) is 15.8. The van der Waals surface area contributed by atoms with Crippen LogP contribution in [0.3, 0.4) is 0 Å². The highest BCUT2D eigenvalue weighted by Crippen LogP contribution is 2.20. The van der Waals surface area contributed by atoms with Gasteiger partial charge in [0.2, 0.25) is 11.8 Å². The van der Waals surface area contributed by atoms with Gasteiger partial charge in [-0.25, -0.2) is 0 Å². The van der Waals surface area contributed by atoms with E-state index in [-0.39, 0.29) is 36.2 Å². The van der Waals surface area contributed by atoms with Crippen LogP contribution in [-0.4, -0.2) is 36.3 Å². The van der Waals surface area contributed by atoms with Crippen molar-refractivity contribution in [1.29, 1.82) is 0 Å². The van der Waals surface area contributed by atoms with Crippen LogP contribution >= 0.6 is 12.4 Å². The molecule has 146 valence electrons. The van der Waals surface area contributed by atoms with E-state index in [1.54, 1.807) is 0 Å². The molecule has 1 aliphatic heterocycles. The minimum atomic E-state index is -0.270. The maximum atomic E-state index is 12.4. The summed E-state index contributed by atoms with van der Waals surface area (Å²) in [6.07, 6.45) is 5.14. The Morgan fingerprint density at radius 1 is 1.19 bits per heavy atom. The average Bonchev–Trinajstić information content (AvgIpc) is 2.66. The Morgan fingerprint density at radius 3 is 2.46 bits per heavy atom. The van der Waals surface area contributed by atoms with Gasteiger partial charge < -0.3 is 16.0 Å². The summed E-state index contributed by atoms with van der Waals surface area (Å²) in [6, 6.07) is 9.44. The maximum absolute atomic E-state index is 12.4. The first kappa shape index (κ1) is 22.5. The number of hydrogen-bond donors (Lipinski definition) is 2. The lowest BCUT2D eigenvalue weighted by Crippen LogP contribution is -2.43. The molecule has 1 heterocycles. The van der Waals surface area contributed by atoms with Gasteiger partial charge in [0.05, 0.1) is 0 Å². The Morgan fingerprint density at radius 2 is 1.85 bits per heavy atom. The Bertz CT molecular complexity index is 545. The highest BCUT2D eigenvalue weighted by Gasteiger charge is 2.27. The number of piperidine rings is 1. The van der Waals surface area contributed by atoms with E-state index in [0.29, 0.717) is 19.5 Å². The molecule has 2 rings (SSSR count). The minimum absolute atomic E-state index is 0. The smallest absolute Gasteiger partial charge is 0.224 e. The summed E-state index contributed by atoms with van der Waals surface area (Å²) in [5, 5.41) is 3.02. The van der Waals surface area contributed by atoms with Gasteiger partial charge in [-0.2, -0.15) is 0 Å². The van der Waals surface area contributed by atoms with Crippen molar-refractivity contribution in [2.24, 2.45) is 11.7 Å². The third-order valence-electron chi connectivity index (χ3n) is 4.92. The Kier molecular flexibility index (Phi) is 10.3. The molecular formula is C20H32ClN3O2. The lowest BCUT2D eigenvalue weighted by molar-refractivity contribution is -0.135. The fourth-order valence-corrected chi connectivity index (χ4v) is 3.26. The molecule has 1 atom stereocenters.